The molecule has 114 valence electrons. The Kier molecular flexibility index (Phi) is 3.82. The van der Waals surface area contributed by atoms with Crippen molar-refractivity contribution in [2.24, 2.45) is 0 Å². The fraction of sp³-hybridized carbons (Fsp3) is 0.357. The highest BCUT2D eigenvalue weighted by Gasteiger charge is 2.28. The van der Waals surface area contributed by atoms with Gasteiger partial charge in [0.15, 0.2) is 0 Å². The Bertz CT molecular complexity index is 678. The van der Waals surface area contributed by atoms with Crippen LogP contribution in [0.3, 0.4) is 0 Å². The molecule has 1 fully saturated rings. The van der Waals surface area contributed by atoms with Crippen molar-refractivity contribution < 1.29 is 9.72 Å². The second-order valence-electron chi connectivity index (χ2n) is 5.17. The molecule has 0 saturated carbocycles. The summed E-state index contributed by atoms with van der Waals surface area (Å²) in [7, 11) is 0. The number of hydrogen-bond acceptors (Lipinski definition) is 5. The van der Waals surface area contributed by atoms with Gasteiger partial charge in [-0.15, -0.1) is 0 Å². The normalized spacial score (nSPS) is 15.7. The van der Waals surface area contributed by atoms with Gasteiger partial charge in [0.25, 0.3) is 11.6 Å². The number of aromatic nitrogens is 3. The van der Waals surface area contributed by atoms with Crippen LogP contribution in [0, 0.1) is 10.1 Å². The maximum absolute atomic E-state index is 12.5. The minimum absolute atomic E-state index is 0.145. The molecule has 0 unspecified atom stereocenters. The van der Waals surface area contributed by atoms with Crippen LogP contribution in [0.4, 0.5) is 5.69 Å². The number of nitro benzene ring substituents is 1. The summed E-state index contributed by atoms with van der Waals surface area (Å²) in [4.78, 5) is 28.6. The Balaban J connectivity index is 1.71. The highest BCUT2D eigenvalue weighted by atomic mass is 16.6. The Morgan fingerprint density at radius 2 is 2.00 bits per heavy atom. The fourth-order valence-electron chi connectivity index (χ4n) is 2.72. The SMILES string of the molecule is O=C(c1ccccc1[N+](=O)[O-])N1CCC(n2cncn2)CC1. The van der Waals surface area contributed by atoms with Crippen LogP contribution < -0.4 is 0 Å². The van der Waals surface area contributed by atoms with Crippen molar-refractivity contribution in [3.05, 3.63) is 52.6 Å². The van der Waals surface area contributed by atoms with Gasteiger partial charge < -0.3 is 4.90 Å². The summed E-state index contributed by atoms with van der Waals surface area (Å²) >= 11 is 0. The summed E-state index contributed by atoms with van der Waals surface area (Å²) in [5, 5.41) is 15.2. The molecule has 22 heavy (non-hydrogen) atoms. The number of likely N-dealkylation sites (tertiary alicyclic amines) is 1. The molecule has 2 aromatic rings. The molecule has 2 heterocycles. The van der Waals surface area contributed by atoms with Crippen molar-refractivity contribution in [3.8, 4) is 0 Å². The smallest absolute Gasteiger partial charge is 0.282 e. The molecule has 0 aliphatic carbocycles. The zero-order chi connectivity index (χ0) is 15.5. The molecule has 0 bridgehead atoms. The second-order valence-corrected chi connectivity index (χ2v) is 5.17. The number of amides is 1. The summed E-state index contributed by atoms with van der Waals surface area (Å²) in [5.41, 5.74) is -0.00222. The molecule has 1 aromatic carbocycles. The highest BCUT2D eigenvalue weighted by molar-refractivity contribution is 5.98. The van der Waals surface area contributed by atoms with Crippen LogP contribution in [-0.2, 0) is 0 Å². The third-order valence-corrected chi connectivity index (χ3v) is 3.89. The van der Waals surface area contributed by atoms with Gasteiger partial charge in [0.1, 0.15) is 18.2 Å². The quantitative estimate of drug-likeness (QED) is 0.635. The lowest BCUT2D eigenvalue weighted by Gasteiger charge is -2.31. The summed E-state index contributed by atoms with van der Waals surface area (Å²) in [6, 6.07) is 6.28. The number of carbonyl (C=O) groups is 1. The van der Waals surface area contributed by atoms with Crippen LogP contribution in [0.5, 0.6) is 0 Å². The Hall–Kier alpha value is -2.77. The third-order valence-electron chi connectivity index (χ3n) is 3.89. The average molecular weight is 301 g/mol. The first-order chi connectivity index (χ1) is 10.7. The van der Waals surface area contributed by atoms with E-state index in [1.807, 2.05) is 0 Å². The first kappa shape index (κ1) is 14.2. The average Bonchev–Trinajstić information content (AvgIpc) is 3.09. The van der Waals surface area contributed by atoms with E-state index in [0.717, 1.165) is 12.8 Å². The number of nitrogens with zero attached hydrogens (tertiary/aromatic N) is 5. The topological polar surface area (TPSA) is 94.2 Å². The van der Waals surface area contributed by atoms with Crippen molar-refractivity contribution >= 4 is 11.6 Å². The van der Waals surface area contributed by atoms with Crippen LogP contribution in [0.25, 0.3) is 0 Å². The molecule has 0 spiro atoms. The summed E-state index contributed by atoms with van der Waals surface area (Å²) < 4.78 is 1.80. The molecule has 8 heteroatoms. The van der Waals surface area contributed by atoms with Crippen molar-refractivity contribution in [1.29, 1.82) is 0 Å². The van der Waals surface area contributed by atoms with E-state index in [-0.39, 0.29) is 23.2 Å². The molecule has 0 N–H and O–H groups in total. The molecule has 8 nitrogen and oxygen atoms in total. The Morgan fingerprint density at radius 3 is 2.64 bits per heavy atom. The zero-order valence-corrected chi connectivity index (χ0v) is 11.8. The third kappa shape index (κ3) is 2.67. The predicted molar refractivity (Wildman–Crippen MR) is 77.3 cm³/mol. The molecule has 1 aliphatic rings. The standard InChI is InChI=1S/C14H15N5O3/c20-14(12-3-1-2-4-13(12)19(21)22)17-7-5-11(6-8-17)18-10-15-9-16-18/h1-4,9-11H,5-8H2. The van der Waals surface area contributed by atoms with Crippen LogP contribution in [0.2, 0.25) is 0 Å². The molecular weight excluding hydrogens is 286 g/mol. The number of nitro groups is 1. The monoisotopic (exact) mass is 301 g/mol. The van der Waals surface area contributed by atoms with Crippen molar-refractivity contribution in [2.45, 2.75) is 18.9 Å². The number of para-hydroxylation sites is 1. The Labute approximate surface area is 126 Å². The van der Waals surface area contributed by atoms with Gasteiger partial charge in [-0.05, 0) is 18.9 Å². The van der Waals surface area contributed by atoms with E-state index in [2.05, 4.69) is 10.1 Å². The van der Waals surface area contributed by atoms with E-state index in [1.165, 1.54) is 18.5 Å². The van der Waals surface area contributed by atoms with Crippen molar-refractivity contribution in [3.63, 3.8) is 0 Å². The lowest BCUT2D eigenvalue weighted by atomic mass is 10.0. The van der Waals surface area contributed by atoms with E-state index >= 15 is 0 Å². The van der Waals surface area contributed by atoms with Crippen molar-refractivity contribution in [2.75, 3.05) is 13.1 Å². The lowest BCUT2D eigenvalue weighted by molar-refractivity contribution is -0.385. The summed E-state index contributed by atoms with van der Waals surface area (Å²) in [6.07, 6.45) is 4.68. The van der Waals surface area contributed by atoms with Crippen LogP contribution in [0.15, 0.2) is 36.9 Å². The largest absolute Gasteiger partial charge is 0.338 e. The first-order valence-electron chi connectivity index (χ1n) is 7.03. The Morgan fingerprint density at radius 1 is 1.27 bits per heavy atom. The molecule has 1 aliphatic heterocycles. The van der Waals surface area contributed by atoms with Gasteiger partial charge in [-0.2, -0.15) is 5.10 Å². The van der Waals surface area contributed by atoms with Gasteiger partial charge >= 0.3 is 0 Å². The number of hydrogen-bond donors (Lipinski definition) is 0. The van der Waals surface area contributed by atoms with Gasteiger partial charge in [0.05, 0.1) is 11.0 Å². The van der Waals surface area contributed by atoms with Gasteiger partial charge in [-0.3, -0.25) is 14.9 Å². The first-order valence-corrected chi connectivity index (χ1v) is 7.03. The molecule has 0 radical (unpaired) electrons. The molecule has 3 rings (SSSR count). The maximum Gasteiger partial charge on any atom is 0.282 e. The van der Waals surface area contributed by atoms with E-state index in [4.69, 9.17) is 0 Å². The van der Waals surface area contributed by atoms with Gasteiger partial charge in [0, 0.05) is 19.2 Å². The number of benzene rings is 1. The number of piperidine rings is 1. The fourth-order valence-corrected chi connectivity index (χ4v) is 2.72. The molecule has 1 amide bonds. The van der Waals surface area contributed by atoms with E-state index < -0.39 is 4.92 Å². The van der Waals surface area contributed by atoms with Crippen LogP contribution in [-0.4, -0.2) is 43.6 Å². The zero-order valence-electron chi connectivity index (χ0n) is 11.8. The molecule has 1 saturated heterocycles. The van der Waals surface area contributed by atoms with E-state index in [9.17, 15) is 14.9 Å². The molecule has 1 aromatic heterocycles. The van der Waals surface area contributed by atoms with Crippen LogP contribution >= 0.6 is 0 Å². The minimum atomic E-state index is -0.518. The number of carbonyl (C=O) groups excluding carboxylic acids is 1. The number of rotatable bonds is 3. The maximum atomic E-state index is 12.5. The predicted octanol–water partition coefficient (Wildman–Crippen LogP) is 1.66. The van der Waals surface area contributed by atoms with Gasteiger partial charge in [-0.1, -0.05) is 12.1 Å². The van der Waals surface area contributed by atoms with E-state index in [1.54, 1.807) is 28.0 Å². The minimum Gasteiger partial charge on any atom is -0.338 e. The van der Waals surface area contributed by atoms with Crippen molar-refractivity contribution in [1.82, 2.24) is 19.7 Å². The molecule has 0 atom stereocenters. The van der Waals surface area contributed by atoms with E-state index in [0.29, 0.717) is 13.1 Å². The summed E-state index contributed by atoms with van der Waals surface area (Å²) in [6.45, 7) is 1.10. The second kappa shape index (κ2) is 5.92. The summed E-state index contributed by atoms with van der Waals surface area (Å²) in [5.74, 6) is -0.288. The lowest BCUT2D eigenvalue weighted by Crippen LogP contribution is -2.39. The van der Waals surface area contributed by atoms with Crippen LogP contribution in [0.1, 0.15) is 29.2 Å². The van der Waals surface area contributed by atoms with Gasteiger partial charge in [-0.25, -0.2) is 9.67 Å². The molecular formula is C14H15N5O3. The van der Waals surface area contributed by atoms with Gasteiger partial charge in [0.2, 0.25) is 0 Å². The highest BCUT2D eigenvalue weighted by Crippen LogP contribution is 2.25.